The number of carbonyl (C=O) groups is 1. The quantitative estimate of drug-likeness (QED) is 0.200. The van der Waals surface area contributed by atoms with Crippen molar-refractivity contribution in [3.63, 3.8) is 0 Å². The zero-order valence-electron chi connectivity index (χ0n) is 27.7. The van der Waals surface area contributed by atoms with Crippen LogP contribution in [-0.2, 0) is 26.2 Å². The maximum absolute atomic E-state index is 12.6. The first kappa shape index (κ1) is 35.2. The molecule has 2 aromatic rings. The standard InChI is InChI=1S/C31H51BrN4O6SSi/c1-30(2,3)42-29(37)34-15-11-31(4,12-16-34)21-41-27-24(23-9-13-36(14-10-23)43(5,38)39)19-33-28-26(27)25(32)20-35(28)22-40-17-18-44(6,7)8/h19-20,23H,9-18,21-22H2,1-8H3. The molecular formula is C31H51BrN4O6SSi. The van der Waals surface area contributed by atoms with Gasteiger partial charge < -0.3 is 23.7 Å². The van der Waals surface area contributed by atoms with Gasteiger partial charge in [0.15, 0.2) is 0 Å². The van der Waals surface area contributed by atoms with Crippen molar-refractivity contribution in [1.82, 2.24) is 18.8 Å². The molecule has 2 saturated heterocycles. The molecule has 0 radical (unpaired) electrons. The third kappa shape index (κ3) is 9.20. The number of piperidine rings is 2. The maximum Gasteiger partial charge on any atom is 0.410 e. The average molecular weight is 716 g/mol. The van der Waals surface area contributed by atoms with E-state index in [0.717, 1.165) is 45.7 Å². The summed E-state index contributed by atoms with van der Waals surface area (Å²) in [6.45, 7) is 18.7. The van der Waals surface area contributed by atoms with E-state index >= 15 is 0 Å². The van der Waals surface area contributed by atoms with Gasteiger partial charge in [0, 0.05) is 68.7 Å². The lowest BCUT2D eigenvalue weighted by Gasteiger charge is -2.39. The molecule has 2 aliphatic rings. The van der Waals surface area contributed by atoms with Gasteiger partial charge >= 0.3 is 6.09 Å². The van der Waals surface area contributed by atoms with Crippen LogP contribution in [0.1, 0.15) is 64.9 Å². The van der Waals surface area contributed by atoms with Crippen molar-refractivity contribution in [1.29, 1.82) is 0 Å². The number of sulfonamides is 1. The molecule has 4 heterocycles. The van der Waals surface area contributed by atoms with E-state index in [0.29, 0.717) is 59.0 Å². The Kier molecular flexibility index (Phi) is 10.9. The predicted molar refractivity (Wildman–Crippen MR) is 181 cm³/mol. The molecule has 2 fully saturated rings. The fourth-order valence-electron chi connectivity index (χ4n) is 5.73. The number of nitrogens with zero attached hydrogens (tertiary/aromatic N) is 4. The van der Waals surface area contributed by atoms with Gasteiger partial charge in [0.25, 0.3) is 0 Å². The van der Waals surface area contributed by atoms with E-state index in [1.807, 2.05) is 37.7 Å². The average Bonchev–Trinajstić information content (AvgIpc) is 3.23. The van der Waals surface area contributed by atoms with Crippen LogP contribution in [0.4, 0.5) is 4.79 Å². The largest absolute Gasteiger partial charge is 0.492 e. The molecule has 2 aliphatic heterocycles. The van der Waals surface area contributed by atoms with Gasteiger partial charge in [-0.05, 0) is 74.3 Å². The molecule has 2 aromatic heterocycles. The number of hydrogen-bond acceptors (Lipinski definition) is 7. The molecule has 10 nitrogen and oxygen atoms in total. The Morgan fingerprint density at radius 1 is 1.14 bits per heavy atom. The zero-order chi connectivity index (χ0) is 32.5. The smallest absolute Gasteiger partial charge is 0.410 e. The molecule has 248 valence electrons. The summed E-state index contributed by atoms with van der Waals surface area (Å²) in [4.78, 5) is 19.3. The molecule has 0 aliphatic carbocycles. The summed E-state index contributed by atoms with van der Waals surface area (Å²) in [6.07, 6.45) is 7.94. The van der Waals surface area contributed by atoms with Crippen molar-refractivity contribution in [3.05, 3.63) is 22.4 Å². The van der Waals surface area contributed by atoms with Crippen LogP contribution < -0.4 is 4.74 Å². The van der Waals surface area contributed by atoms with E-state index in [4.69, 9.17) is 19.2 Å². The minimum Gasteiger partial charge on any atom is -0.492 e. The molecule has 4 rings (SSSR count). The Balaban J connectivity index is 1.56. The van der Waals surface area contributed by atoms with Gasteiger partial charge in [0.1, 0.15) is 23.7 Å². The molecule has 0 atom stereocenters. The zero-order valence-corrected chi connectivity index (χ0v) is 31.1. The third-order valence-corrected chi connectivity index (χ3v) is 12.2. The number of amides is 1. The second-order valence-corrected chi connectivity index (χ2v) is 23.5. The SMILES string of the molecule is CC1(COc2c(C3CCN(S(C)(=O)=O)CC3)cnc3c2c(Br)cn3COCC[Si](C)(C)C)CCN(C(=O)OC(C)(C)C)CC1. The Labute approximate surface area is 273 Å². The molecule has 13 heteroatoms. The number of fused-ring (bicyclic) bond motifs is 1. The van der Waals surface area contributed by atoms with Crippen molar-refractivity contribution < 1.29 is 27.4 Å². The van der Waals surface area contributed by atoms with Gasteiger partial charge in [-0.15, -0.1) is 0 Å². The summed E-state index contributed by atoms with van der Waals surface area (Å²) in [5.74, 6) is 0.932. The minimum atomic E-state index is -3.23. The van der Waals surface area contributed by atoms with Crippen molar-refractivity contribution >= 4 is 51.2 Å². The summed E-state index contributed by atoms with van der Waals surface area (Å²) in [5, 5.41) is 0.914. The van der Waals surface area contributed by atoms with Crippen molar-refractivity contribution in [3.8, 4) is 5.75 Å². The highest BCUT2D eigenvalue weighted by molar-refractivity contribution is 9.10. The van der Waals surface area contributed by atoms with E-state index in [-0.39, 0.29) is 17.4 Å². The summed E-state index contributed by atoms with van der Waals surface area (Å²) in [5.41, 5.74) is 1.16. The number of rotatable bonds is 10. The Bertz CT molecular complexity index is 1420. The molecule has 0 saturated carbocycles. The molecular weight excluding hydrogens is 664 g/mol. The van der Waals surface area contributed by atoms with E-state index in [9.17, 15) is 13.2 Å². The maximum atomic E-state index is 12.6. The van der Waals surface area contributed by atoms with Gasteiger partial charge in [-0.25, -0.2) is 22.5 Å². The Morgan fingerprint density at radius 3 is 2.34 bits per heavy atom. The number of ether oxygens (including phenoxy) is 3. The summed E-state index contributed by atoms with van der Waals surface area (Å²) >= 11 is 3.80. The summed E-state index contributed by atoms with van der Waals surface area (Å²) in [6, 6.07) is 1.09. The van der Waals surface area contributed by atoms with E-state index < -0.39 is 23.7 Å². The molecule has 0 spiro atoms. The van der Waals surface area contributed by atoms with Crippen molar-refractivity contribution in [2.45, 2.75) is 97.3 Å². The molecule has 0 bridgehead atoms. The van der Waals surface area contributed by atoms with E-state index in [1.54, 1.807) is 9.21 Å². The minimum absolute atomic E-state index is 0.125. The Hall–Kier alpha value is -1.67. The number of pyridine rings is 1. The highest BCUT2D eigenvalue weighted by Crippen LogP contribution is 2.43. The second-order valence-electron chi connectivity index (χ2n) is 15.0. The highest BCUT2D eigenvalue weighted by atomic mass is 79.9. The highest BCUT2D eigenvalue weighted by Gasteiger charge is 2.36. The summed E-state index contributed by atoms with van der Waals surface area (Å²) < 4.78 is 47.3. The number of carbonyl (C=O) groups excluding carboxylic acids is 1. The number of likely N-dealkylation sites (tertiary alicyclic amines) is 1. The molecule has 0 N–H and O–H groups in total. The summed E-state index contributed by atoms with van der Waals surface area (Å²) in [7, 11) is -4.43. The van der Waals surface area contributed by atoms with Gasteiger partial charge in [-0.1, -0.05) is 26.6 Å². The number of halogens is 1. The predicted octanol–water partition coefficient (Wildman–Crippen LogP) is 6.67. The lowest BCUT2D eigenvalue weighted by Crippen LogP contribution is -2.46. The van der Waals surface area contributed by atoms with Gasteiger partial charge in [-0.2, -0.15) is 0 Å². The van der Waals surface area contributed by atoms with Crippen LogP contribution in [0.2, 0.25) is 25.7 Å². The normalized spacial score (nSPS) is 19.0. The fourth-order valence-corrected chi connectivity index (χ4v) is 7.96. The lowest BCUT2D eigenvalue weighted by molar-refractivity contribution is 0.00593. The molecule has 44 heavy (non-hydrogen) atoms. The van der Waals surface area contributed by atoms with Crippen LogP contribution >= 0.6 is 15.9 Å². The van der Waals surface area contributed by atoms with Crippen LogP contribution in [0.25, 0.3) is 11.0 Å². The number of hydrogen-bond donors (Lipinski definition) is 0. The van der Waals surface area contributed by atoms with Crippen molar-refractivity contribution in [2.75, 3.05) is 45.6 Å². The first-order valence-electron chi connectivity index (χ1n) is 15.7. The van der Waals surface area contributed by atoms with Crippen LogP contribution in [0.15, 0.2) is 16.9 Å². The van der Waals surface area contributed by atoms with Crippen LogP contribution in [-0.4, -0.2) is 92.6 Å². The Morgan fingerprint density at radius 2 is 1.77 bits per heavy atom. The lowest BCUT2D eigenvalue weighted by atomic mass is 9.81. The fraction of sp³-hybridized carbons (Fsp3) is 0.742. The molecule has 0 aromatic carbocycles. The van der Waals surface area contributed by atoms with Crippen molar-refractivity contribution in [2.24, 2.45) is 5.41 Å². The van der Waals surface area contributed by atoms with E-state index in [1.165, 1.54) is 6.26 Å². The first-order chi connectivity index (χ1) is 20.4. The third-order valence-electron chi connectivity index (χ3n) is 8.60. The second kappa shape index (κ2) is 13.6. The van der Waals surface area contributed by atoms with Crippen LogP contribution in [0, 0.1) is 5.41 Å². The topological polar surface area (TPSA) is 103 Å². The molecule has 1 amide bonds. The first-order valence-corrected chi connectivity index (χ1v) is 22.0. The van der Waals surface area contributed by atoms with Gasteiger partial charge in [-0.3, -0.25) is 0 Å². The molecule has 0 unspecified atom stereocenters. The monoisotopic (exact) mass is 714 g/mol. The van der Waals surface area contributed by atoms with Crippen LogP contribution in [0.5, 0.6) is 5.75 Å². The van der Waals surface area contributed by atoms with Gasteiger partial charge in [0.05, 0.1) is 18.2 Å². The van der Waals surface area contributed by atoms with Crippen LogP contribution in [0.3, 0.4) is 0 Å². The number of aromatic nitrogens is 2. The van der Waals surface area contributed by atoms with Gasteiger partial charge in [0.2, 0.25) is 10.0 Å². The van der Waals surface area contributed by atoms with E-state index in [2.05, 4.69) is 42.5 Å².